The van der Waals surface area contributed by atoms with Gasteiger partial charge in [0.05, 0.1) is 0 Å². The van der Waals surface area contributed by atoms with Gasteiger partial charge in [0.1, 0.15) is 5.78 Å². The molecular weight excluding hydrogens is 192 g/mol. The van der Waals surface area contributed by atoms with E-state index in [4.69, 9.17) is 0 Å². The molecule has 0 unspecified atom stereocenters. The number of carbonyl (C=O) groups excluding carboxylic acids is 1. The van der Waals surface area contributed by atoms with Crippen LogP contribution in [0.3, 0.4) is 0 Å². The van der Waals surface area contributed by atoms with Crippen LogP contribution in [-0.2, 0) is 4.79 Å². The summed E-state index contributed by atoms with van der Waals surface area (Å²) in [5.74, 6) is 1.29. The van der Waals surface area contributed by atoms with Gasteiger partial charge < -0.3 is 0 Å². The number of benzene rings is 1. The number of carbonyl (C=O) groups is 1. The predicted molar refractivity (Wildman–Crippen MR) is 61.7 cm³/mol. The molecule has 0 aromatic heterocycles. The van der Waals surface area contributed by atoms with Crippen molar-refractivity contribution in [3.05, 3.63) is 30.3 Å². The maximum atomic E-state index is 11.2. The fourth-order valence-electron chi connectivity index (χ4n) is 1.20. The summed E-state index contributed by atoms with van der Waals surface area (Å²) in [6, 6.07) is 10.2. The van der Waals surface area contributed by atoms with Crippen LogP contribution in [0, 0.1) is 0 Å². The summed E-state index contributed by atoms with van der Waals surface area (Å²) in [6.45, 7) is 2.04. The van der Waals surface area contributed by atoms with E-state index < -0.39 is 0 Å². The molecule has 14 heavy (non-hydrogen) atoms. The van der Waals surface area contributed by atoms with Crippen LogP contribution < -0.4 is 0 Å². The lowest BCUT2D eigenvalue weighted by Gasteiger charge is -2.00. The van der Waals surface area contributed by atoms with Crippen LogP contribution in [0.5, 0.6) is 0 Å². The van der Waals surface area contributed by atoms with Crippen LogP contribution in [0.1, 0.15) is 26.2 Å². The van der Waals surface area contributed by atoms with Gasteiger partial charge in [-0.05, 0) is 18.6 Å². The highest BCUT2D eigenvalue weighted by atomic mass is 32.2. The Morgan fingerprint density at radius 2 is 1.93 bits per heavy atom. The molecule has 0 N–H and O–H groups in total. The van der Waals surface area contributed by atoms with Crippen molar-refractivity contribution < 1.29 is 4.79 Å². The maximum absolute atomic E-state index is 11.2. The van der Waals surface area contributed by atoms with Crippen LogP contribution in [0.25, 0.3) is 0 Å². The lowest BCUT2D eigenvalue weighted by atomic mass is 10.2. The first kappa shape index (κ1) is 11.3. The Bertz CT molecular complexity index is 269. The molecule has 1 aromatic carbocycles. The van der Waals surface area contributed by atoms with Gasteiger partial charge in [0.2, 0.25) is 0 Å². The Hall–Kier alpha value is -0.760. The van der Waals surface area contributed by atoms with Gasteiger partial charge >= 0.3 is 0 Å². The summed E-state index contributed by atoms with van der Waals surface area (Å²) >= 11 is 1.75. The molecule has 0 spiro atoms. The van der Waals surface area contributed by atoms with E-state index in [0.29, 0.717) is 12.2 Å². The van der Waals surface area contributed by atoms with Crippen molar-refractivity contribution >= 4 is 17.5 Å². The van der Waals surface area contributed by atoms with Crippen molar-refractivity contribution in [1.82, 2.24) is 0 Å². The van der Waals surface area contributed by atoms with Crippen molar-refractivity contribution in [2.45, 2.75) is 31.1 Å². The third-order valence-electron chi connectivity index (χ3n) is 1.92. The molecule has 0 atom stereocenters. The van der Waals surface area contributed by atoms with Crippen molar-refractivity contribution in [3.63, 3.8) is 0 Å². The number of thioether (sulfide) groups is 1. The monoisotopic (exact) mass is 208 g/mol. The molecule has 1 nitrogen and oxygen atoms in total. The highest BCUT2D eigenvalue weighted by Crippen LogP contribution is 2.18. The molecule has 0 saturated heterocycles. The van der Waals surface area contributed by atoms with Gasteiger partial charge in [-0.15, -0.1) is 11.8 Å². The fraction of sp³-hybridized carbons (Fsp3) is 0.417. The van der Waals surface area contributed by atoms with Crippen LogP contribution in [-0.4, -0.2) is 11.5 Å². The minimum Gasteiger partial charge on any atom is -0.300 e. The lowest BCUT2D eigenvalue weighted by molar-refractivity contribution is -0.118. The van der Waals surface area contributed by atoms with Crippen LogP contribution >= 0.6 is 11.8 Å². The first-order valence-electron chi connectivity index (χ1n) is 5.02. The van der Waals surface area contributed by atoms with Crippen molar-refractivity contribution in [1.29, 1.82) is 0 Å². The summed E-state index contributed by atoms with van der Waals surface area (Å²) < 4.78 is 0. The Balaban J connectivity index is 2.19. The van der Waals surface area contributed by atoms with Gasteiger partial charge in [-0.2, -0.15) is 0 Å². The average Bonchev–Trinajstić information content (AvgIpc) is 2.20. The molecule has 1 aromatic rings. The Kier molecular flexibility index (Phi) is 5.38. The molecular formula is C12H16OS. The molecule has 1 rings (SSSR count). The third kappa shape index (κ3) is 4.47. The lowest BCUT2D eigenvalue weighted by Crippen LogP contribution is -1.97. The molecule has 0 saturated carbocycles. The molecule has 0 aliphatic rings. The largest absolute Gasteiger partial charge is 0.300 e. The van der Waals surface area contributed by atoms with Gasteiger partial charge in [-0.3, -0.25) is 4.79 Å². The second-order valence-corrected chi connectivity index (χ2v) is 4.37. The van der Waals surface area contributed by atoms with Gasteiger partial charge in [0.25, 0.3) is 0 Å². The molecule has 0 radical (unpaired) electrons. The second kappa shape index (κ2) is 6.66. The maximum Gasteiger partial charge on any atom is 0.133 e. The van der Waals surface area contributed by atoms with Crippen LogP contribution in [0.15, 0.2) is 35.2 Å². The molecule has 0 aliphatic heterocycles. The Labute approximate surface area is 89.9 Å². The smallest absolute Gasteiger partial charge is 0.133 e. The first-order chi connectivity index (χ1) is 6.83. The molecule has 76 valence electrons. The number of hydrogen-bond donors (Lipinski definition) is 0. The number of Topliss-reactive ketones (excluding diaryl/α,β-unsaturated/α-hetero) is 1. The SMILES string of the molecule is CCCC(=O)CCSc1ccccc1. The van der Waals surface area contributed by atoms with E-state index in [1.54, 1.807) is 11.8 Å². The van der Waals surface area contributed by atoms with Crippen molar-refractivity contribution in [3.8, 4) is 0 Å². The van der Waals surface area contributed by atoms with Gasteiger partial charge in [-0.1, -0.05) is 25.1 Å². The molecule has 0 bridgehead atoms. The standard InChI is InChI=1S/C12H16OS/c1-2-6-11(13)9-10-14-12-7-4-3-5-8-12/h3-5,7-8H,2,6,9-10H2,1H3. The van der Waals surface area contributed by atoms with Crippen LogP contribution in [0.2, 0.25) is 0 Å². The van der Waals surface area contributed by atoms with E-state index in [0.717, 1.165) is 18.6 Å². The average molecular weight is 208 g/mol. The highest BCUT2D eigenvalue weighted by Gasteiger charge is 2.00. The van der Waals surface area contributed by atoms with E-state index in [9.17, 15) is 4.79 Å². The summed E-state index contributed by atoms with van der Waals surface area (Å²) in [4.78, 5) is 12.5. The van der Waals surface area contributed by atoms with Gasteiger partial charge in [-0.25, -0.2) is 0 Å². The van der Waals surface area contributed by atoms with Gasteiger partial charge in [0.15, 0.2) is 0 Å². The minimum absolute atomic E-state index is 0.385. The van der Waals surface area contributed by atoms with E-state index in [-0.39, 0.29) is 0 Å². The van der Waals surface area contributed by atoms with Crippen molar-refractivity contribution in [2.75, 3.05) is 5.75 Å². The third-order valence-corrected chi connectivity index (χ3v) is 2.94. The summed E-state index contributed by atoms with van der Waals surface area (Å²) in [5.41, 5.74) is 0. The normalized spacial score (nSPS) is 10.1. The zero-order valence-corrected chi connectivity index (χ0v) is 9.35. The van der Waals surface area contributed by atoms with Crippen molar-refractivity contribution in [2.24, 2.45) is 0 Å². The minimum atomic E-state index is 0.385. The zero-order chi connectivity index (χ0) is 10.2. The van der Waals surface area contributed by atoms with Crippen LogP contribution in [0.4, 0.5) is 0 Å². The highest BCUT2D eigenvalue weighted by molar-refractivity contribution is 7.99. The number of rotatable bonds is 6. The topological polar surface area (TPSA) is 17.1 Å². The van der Waals surface area contributed by atoms with E-state index in [1.807, 2.05) is 25.1 Å². The van der Waals surface area contributed by atoms with E-state index >= 15 is 0 Å². The summed E-state index contributed by atoms with van der Waals surface area (Å²) in [7, 11) is 0. The molecule has 0 heterocycles. The number of hydrogen-bond acceptors (Lipinski definition) is 2. The zero-order valence-electron chi connectivity index (χ0n) is 8.53. The fourth-order valence-corrected chi connectivity index (χ4v) is 2.12. The molecule has 0 fully saturated rings. The molecule has 0 amide bonds. The number of ketones is 1. The first-order valence-corrected chi connectivity index (χ1v) is 6.01. The summed E-state index contributed by atoms with van der Waals surface area (Å²) in [5, 5.41) is 0. The van der Waals surface area contributed by atoms with Gasteiger partial charge in [0, 0.05) is 23.5 Å². The molecule has 2 heteroatoms. The van der Waals surface area contributed by atoms with E-state index in [2.05, 4.69) is 12.1 Å². The quantitative estimate of drug-likeness (QED) is 0.665. The second-order valence-electron chi connectivity index (χ2n) is 3.20. The molecule has 0 aliphatic carbocycles. The summed E-state index contributed by atoms with van der Waals surface area (Å²) in [6.07, 6.45) is 2.40. The predicted octanol–water partition coefficient (Wildman–Crippen LogP) is 3.54. The van der Waals surface area contributed by atoms with E-state index in [1.165, 1.54) is 4.90 Å². The Morgan fingerprint density at radius 3 is 2.57 bits per heavy atom. The Morgan fingerprint density at radius 1 is 1.21 bits per heavy atom.